The molecule has 3 fully saturated rings. The Morgan fingerprint density at radius 3 is 1.82 bits per heavy atom. The van der Waals surface area contributed by atoms with Gasteiger partial charge in [0.15, 0.2) is 11.5 Å². The highest BCUT2D eigenvalue weighted by molar-refractivity contribution is 7.80. The molecule has 0 saturated heterocycles. The van der Waals surface area contributed by atoms with Gasteiger partial charge in [-0.25, -0.2) is 14.2 Å². The Bertz CT molecular complexity index is 3800. The van der Waals surface area contributed by atoms with Gasteiger partial charge in [0, 0.05) is 118 Å². The number of carbonyl (C=O) groups is 8. The molecule has 0 spiro atoms. The monoisotopic (exact) mass is 1380 g/mol. The van der Waals surface area contributed by atoms with E-state index in [9.17, 15) is 52.7 Å². The molecule has 31 heteroatoms. The topological polar surface area (TPSA) is 379 Å². The van der Waals surface area contributed by atoms with E-state index >= 15 is 0 Å². The van der Waals surface area contributed by atoms with E-state index in [0.717, 1.165) is 27.6 Å². The molecule has 13 N–H and O–H groups in total. The number of hydrogen-bond donors (Lipinski definition) is 11. The number of phosphoric acid groups is 1. The highest BCUT2D eigenvalue weighted by Crippen LogP contribution is 2.75. The van der Waals surface area contributed by atoms with Crippen molar-refractivity contribution in [1.82, 2.24) is 41.0 Å². The summed E-state index contributed by atoms with van der Waals surface area (Å²) in [5.74, 6) is -2.70. The van der Waals surface area contributed by atoms with E-state index in [1.807, 2.05) is 20.0 Å². The third-order valence-electron chi connectivity index (χ3n) is 18.2. The lowest BCUT2D eigenvalue weighted by Crippen LogP contribution is -2.73. The number of alkyl halides is 2. The Labute approximate surface area is 558 Å². The predicted octanol–water partition coefficient (Wildman–Crippen LogP) is 6.46. The van der Waals surface area contributed by atoms with Crippen molar-refractivity contribution in [3.8, 4) is 11.5 Å². The number of nitrogens with one attached hydrogen (secondary N) is 7. The summed E-state index contributed by atoms with van der Waals surface area (Å²) < 4.78 is 29.3. The van der Waals surface area contributed by atoms with E-state index in [2.05, 4.69) is 36.6 Å². The summed E-state index contributed by atoms with van der Waals surface area (Å²) in [6.45, 7) is 9.94. The van der Waals surface area contributed by atoms with Crippen LogP contribution in [-0.4, -0.2) is 166 Å². The first-order valence-corrected chi connectivity index (χ1v) is 34.2. The van der Waals surface area contributed by atoms with Crippen LogP contribution in [-0.2, 0) is 44.7 Å². The van der Waals surface area contributed by atoms with Crippen LogP contribution in [0.2, 0.25) is 0 Å². The summed E-state index contributed by atoms with van der Waals surface area (Å²) in [6, 6.07) is 5.95. The number of thiocarbonyl (C=S) groups is 1. The molecule has 9 amide bonds. The molecule has 5 aromatic rings. The van der Waals surface area contributed by atoms with Gasteiger partial charge in [0.25, 0.3) is 5.17 Å². The van der Waals surface area contributed by atoms with Gasteiger partial charge in [-0.15, -0.1) is 23.2 Å². The zero-order chi connectivity index (χ0) is 68.3. The van der Waals surface area contributed by atoms with Gasteiger partial charge in [-0.1, -0.05) is 26.0 Å². The number of H-pyrrole nitrogens is 2. The van der Waals surface area contributed by atoms with E-state index in [1.165, 1.54) is 17.9 Å². The number of aromatic nitrogens is 2. The lowest BCUT2D eigenvalue weighted by Gasteiger charge is -2.69. The van der Waals surface area contributed by atoms with E-state index in [1.54, 1.807) is 79.2 Å². The molecule has 508 valence electrons. The first-order valence-electron chi connectivity index (χ1n) is 31.1. The molecule has 4 heterocycles. The Hall–Kier alpha value is -7.72. The predicted molar refractivity (Wildman–Crippen MR) is 359 cm³/mol. The third kappa shape index (κ3) is 15.0. The number of unbranched alkanes of at least 4 members (excludes halogenated alkanes) is 1. The largest absolute Gasteiger partial charge is 0.524 e. The zero-order valence-electron chi connectivity index (χ0n) is 53.5. The normalized spacial score (nSPS) is 19.4. The van der Waals surface area contributed by atoms with Crippen molar-refractivity contribution in [2.75, 3.05) is 80.2 Å². The Balaban J connectivity index is 0.788. The maximum absolute atomic E-state index is 15.0. The second-order valence-electron chi connectivity index (χ2n) is 25.5. The average Bonchev–Trinajstić information content (AvgIpc) is 0.898. The number of primary amides is 1. The van der Waals surface area contributed by atoms with E-state index < -0.39 is 78.4 Å². The van der Waals surface area contributed by atoms with Gasteiger partial charge in [0.05, 0.1) is 33.2 Å². The van der Waals surface area contributed by atoms with Crippen LogP contribution >= 0.6 is 43.2 Å². The molecule has 3 aliphatic carbocycles. The molecule has 27 nitrogen and oxygen atoms in total. The molecule has 94 heavy (non-hydrogen) atoms. The van der Waals surface area contributed by atoms with Crippen molar-refractivity contribution in [3.63, 3.8) is 0 Å². The van der Waals surface area contributed by atoms with E-state index in [4.69, 9.17) is 60.9 Å². The summed E-state index contributed by atoms with van der Waals surface area (Å²) >= 11 is 19.0. The van der Waals surface area contributed by atoms with Crippen molar-refractivity contribution >= 4 is 135 Å². The maximum Gasteiger partial charge on any atom is 0.524 e. The molecular weight excluding hydrogens is 1300 g/mol. The molecule has 3 saturated carbocycles. The molecule has 10 rings (SSSR count). The van der Waals surface area contributed by atoms with Gasteiger partial charge in [0.1, 0.15) is 24.7 Å². The number of rotatable bonds is 28. The molecule has 5 atom stereocenters. The van der Waals surface area contributed by atoms with Crippen LogP contribution in [0.1, 0.15) is 112 Å². The standard InChI is InChI=1S/C63H82Cl2N13O14PS/c1-33(2)51(74-55(81)41(71-36(5)79)11-8-9-17-66)56(82)73-42(12-10-18-68-59(67)85)54(80)72-40-15-13-37(14-16-40)29-90-60(86)75(6)19-20-76(7)61(94)91-45-21-43-49(47-34(3)25-69-52(45)47)38(23-64)27-77(43)57(83)62-30-63(31-62,32-62)58(84)78-28-39(24-65)50-44(78)22-46(92-93(87,88)89)53-48(50)35(4)26-70-53/h13-16,21-22,25-26,33,38-39,41-42,51,69-70H,8-12,17-20,23-24,27-32,66H2,1-7H3,(H,71,79)(H,72,80)(H,73,82)(H,74,81)(H3,67,68,85)(H2,87,88,89)/t38-,39-,41+,42+,51+,62?,63?/m1/s1. The quantitative estimate of drug-likeness (QED) is 0.0111. The molecule has 0 radical (unpaired) electrons. The van der Waals surface area contributed by atoms with Crippen LogP contribution in [0.5, 0.6) is 11.5 Å². The molecule has 2 aliphatic heterocycles. The minimum absolute atomic E-state index is 0.0834. The second-order valence-corrected chi connectivity index (χ2v) is 27.6. The smallest absolute Gasteiger partial charge is 0.445 e. The number of amides is 9. The number of nitrogens with zero attached hydrogens (tertiary/aromatic N) is 4. The Morgan fingerprint density at radius 1 is 0.766 bits per heavy atom. The van der Waals surface area contributed by atoms with E-state index in [-0.39, 0.29) is 92.0 Å². The van der Waals surface area contributed by atoms with Gasteiger partial charge < -0.3 is 81.6 Å². The number of halogens is 2. The fraction of sp³-hybridized carbons (Fsp3) is 0.508. The highest BCUT2D eigenvalue weighted by Gasteiger charge is 2.76. The number of benzene rings is 3. The van der Waals surface area contributed by atoms with Crippen molar-refractivity contribution in [3.05, 3.63) is 76.6 Å². The number of ether oxygens (including phenoxy) is 2. The Kier molecular flexibility index (Phi) is 21.9. The molecule has 5 aliphatic rings. The number of anilines is 3. The summed E-state index contributed by atoms with van der Waals surface area (Å²) in [5.41, 5.74) is 15.7. The number of phosphoric ester groups is 1. The van der Waals surface area contributed by atoms with E-state index in [0.29, 0.717) is 96.4 Å². The molecule has 3 aromatic carbocycles. The number of likely N-dealkylation sites (N-methyl/N-ethyl adjacent to an activating group) is 2. The van der Waals surface area contributed by atoms with Crippen molar-refractivity contribution in [2.45, 2.75) is 123 Å². The maximum atomic E-state index is 15.0. The van der Waals surface area contributed by atoms with Crippen molar-refractivity contribution in [1.29, 1.82) is 0 Å². The summed E-state index contributed by atoms with van der Waals surface area (Å²) in [4.78, 5) is 140. The number of aryl methyl sites for hydroxylation is 2. The van der Waals surface area contributed by atoms with Crippen LogP contribution in [0.3, 0.4) is 0 Å². The number of aromatic amines is 2. The fourth-order valence-electron chi connectivity index (χ4n) is 13.4. The average molecular weight is 1380 g/mol. The van der Waals surface area contributed by atoms with Gasteiger partial charge in [-0.05, 0) is 130 Å². The zero-order valence-corrected chi connectivity index (χ0v) is 56.7. The van der Waals surface area contributed by atoms with Crippen LogP contribution in [0.4, 0.5) is 26.7 Å². The number of urea groups is 1. The van der Waals surface area contributed by atoms with Crippen LogP contribution in [0.25, 0.3) is 21.8 Å². The number of carbonyl (C=O) groups excluding carboxylic acids is 8. The SMILES string of the molecule is CC(=O)N[C@@H](CCCCN)C(=O)N[C@H](C(=O)N[C@@H](CCCNC(N)=O)C(=O)Nc1ccc(COC(=O)N(C)CCN(C)C(=S)Oc2cc3c(c4c(C)c[nH]c24)[C@H](CCl)CN3C(=O)C23CC(C(=O)N4C[C@@H](CCl)c5c4cc(OP(=O)(O)O)c4[nH]cc(C)c54)(C2)C3)cc1)C(C)C. The molecular formula is C63H82Cl2N13O14PS. The molecule has 0 unspecified atom stereocenters. The van der Waals surface area contributed by atoms with Crippen molar-refractivity contribution < 1.29 is 66.7 Å². The van der Waals surface area contributed by atoms with Gasteiger partial charge >= 0.3 is 19.9 Å². The fourth-order valence-corrected chi connectivity index (χ4v) is 14.5. The first kappa shape index (κ1) is 70.6. The lowest BCUT2D eigenvalue weighted by molar-refractivity contribution is -0.205. The minimum Gasteiger partial charge on any atom is -0.445 e. The minimum atomic E-state index is -4.98. The summed E-state index contributed by atoms with van der Waals surface area (Å²) in [7, 11) is -1.69. The van der Waals surface area contributed by atoms with Crippen LogP contribution < -0.4 is 57.1 Å². The number of fused-ring (bicyclic) bond motifs is 6. The highest BCUT2D eigenvalue weighted by atomic mass is 35.5. The van der Waals surface area contributed by atoms with Gasteiger partial charge in [-0.3, -0.25) is 38.6 Å². The lowest BCUT2D eigenvalue weighted by atomic mass is 9.34. The Morgan fingerprint density at radius 2 is 1.30 bits per heavy atom. The van der Waals surface area contributed by atoms with Gasteiger partial charge in [-0.2, -0.15) is 0 Å². The van der Waals surface area contributed by atoms with Gasteiger partial charge in [0.2, 0.25) is 35.4 Å². The number of hydrogen-bond acceptors (Lipinski definition) is 14. The molecule has 2 aromatic heterocycles. The van der Waals surface area contributed by atoms with Crippen LogP contribution in [0.15, 0.2) is 48.8 Å². The van der Waals surface area contributed by atoms with Crippen molar-refractivity contribution in [2.24, 2.45) is 28.2 Å². The number of nitrogens with two attached hydrogens (primary N) is 2. The third-order valence-corrected chi connectivity index (χ3v) is 19.7. The summed E-state index contributed by atoms with van der Waals surface area (Å²) in [5, 5.41) is 15.0. The van der Waals surface area contributed by atoms with Crippen LogP contribution in [0, 0.1) is 30.6 Å². The first-order chi connectivity index (χ1) is 44.5. The summed E-state index contributed by atoms with van der Waals surface area (Å²) in [6.07, 6.45) is 5.72. The molecule has 2 bridgehead atoms. The second kappa shape index (κ2) is 29.1.